The second-order valence-electron chi connectivity index (χ2n) is 10.1. The maximum absolute atomic E-state index is 12.8. The topological polar surface area (TPSA) is 113 Å². The van der Waals surface area contributed by atoms with Gasteiger partial charge in [0.15, 0.2) is 10.8 Å². The van der Waals surface area contributed by atoms with E-state index in [0.717, 1.165) is 61.8 Å². The molecule has 1 fully saturated rings. The molecule has 1 aromatic carbocycles. The maximum atomic E-state index is 12.8. The van der Waals surface area contributed by atoms with Gasteiger partial charge in [-0.05, 0) is 74.4 Å². The molecular formula is C29H29F3N6O3S. The lowest BCUT2D eigenvalue weighted by atomic mass is 9.92. The number of ether oxygens (including phenoxy) is 1. The average molecular weight is 599 g/mol. The lowest BCUT2D eigenvalue weighted by Gasteiger charge is -2.32. The first kappa shape index (κ1) is 29.2. The van der Waals surface area contributed by atoms with E-state index >= 15 is 0 Å². The quantitative estimate of drug-likeness (QED) is 0.216. The molecule has 0 spiro atoms. The number of rotatable bonds is 10. The van der Waals surface area contributed by atoms with E-state index in [-0.39, 0.29) is 23.2 Å². The number of likely N-dealkylation sites (tertiary alicyclic amines) is 1. The van der Waals surface area contributed by atoms with Gasteiger partial charge in [-0.15, -0.1) is 0 Å². The first-order valence-electron chi connectivity index (χ1n) is 13.5. The number of aromatic amines is 1. The Labute approximate surface area is 243 Å². The van der Waals surface area contributed by atoms with E-state index < -0.39 is 17.0 Å². The number of carbonyl (C=O) groups excluding carboxylic acids is 2. The van der Waals surface area contributed by atoms with E-state index in [1.165, 1.54) is 18.2 Å². The highest BCUT2D eigenvalue weighted by Gasteiger charge is 2.33. The number of benzene rings is 1. The van der Waals surface area contributed by atoms with E-state index in [9.17, 15) is 22.8 Å². The van der Waals surface area contributed by atoms with Crippen molar-refractivity contribution in [3.63, 3.8) is 0 Å². The van der Waals surface area contributed by atoms with Gasteiger partial charge in [0, 0.05) is 41.5 Å². The number of halogens is 3. The second-order valence-corrected chi connectivity index (χ2v) is 11.1. The first-order chi connectivity index (χ1) is 20.2. The number of alkyl halides is 3. The number of pyridine rings is 1. The molecule has 0 bridgehead atoms. The van der Waals surface area contributed by atoms with Gasteiger partial charge < -0.3 is 9.64 Å². The van der Waals surface area contributed by atoms with Crippen molar-refractivity contribution in [1.82, 2.24) is 25.1 Å². The number of anilines is 1. The number of piperidine rings is 1. The molecule has 1 aliphatic heterocycles. The van der Waals surface area contributed by atoms with Gasteiger partial charge in [0.2, 0.25) is 5.91 Å². The number of amides is 2. The standard InChI is InChI=1S/C29H29F3N6O3S/c1-2-24(39)38-14-4-6-18(16-38)5-3-7-22-25-20(12-13-33-26(25)37-36-22)17-41-21-10-8-19(9-11-21)27(40)35-28-34-15-23(42-28)29(30,31)32/h2,8-13,15,18H,1,3-7,14,16-17H2,(H,33,36,37)(H,34,35,40)/t18-/m1/s1. The monoisotopic (exact) mass is 598 g/mol. The van der Waals surface area contributed by atoms with Crippen LogP contribution in [0.1, 0.15) is 52.2 Å². The molecule has 42 heavy (non-hydrogen) atoms. The van der Waals surface area contributed by atoms with Crippen molar-refractivity contribution in [2.24, 2.45) is 5.92 Å². The molecule has 220 valence electrons. The summed E-state index contributed by atoms with van der Waals surface area (Å²) in [6.45, 7) is 5.39. The predicted octanol–water partition coefficient (Wildman–Crippen LogP) is 6.01. The average Bonchev–Trinajstić information content (AvgIpc) is 3.64. The molecule has 0 radical (unpaired) electrons. The smallest absolute Gasteiger partial charge is 0.427 e. The normalized spacial score (nSPS) is 15.5. The molecule has 0 saturated carbocycles. The number of fused-ring (bicyclic) bond motifs is 1. The van der Waals surface area contributed by atoms with Crippen molar-refractivity contribution in [1.29, 1.82) is 0 Å². The minimum absolute atomic E-state index is 0.00785. The lowest BCUT2D eigenvalue weighted by Crippen LogP contribution is -2.38. The highest BCUT2D eigenvalue weighted by molar-refractivity contribution is 7.15. The minimum atomic E-state index is -4.51. The van der Waals surface area contributed by atoms with Gasteiger partial charge >= 0.3 is 6.18 Å². The largest absolute Gasteiger partial charge is 0.489 e. The molecule has 1 aliphatic rings. The molecular weight excluding hydrogens is 569 g/mol. The van der Waals surface area contributed by atoms with Crippen molar-refractivity contribution >= 4 is 39.3 Å². The number of nitrogens with one attached hydrogen (secondary N) is 2. The third-order valence-electron chi connectivity index (χ3n) is 7.18. The van der Waals surface area contributed by atoms with Crippen LogP contribution in [0.2, 0.25) is 0 Å². The van der Waals surface area contributed by atoms with Crippen LogP contribution in [0.3, 0.4) is 0 Å². The summed E-state index contributed by atoms with van der Waals surface area (Å²) in [4.78, 5) is 33.4. The van der Waals surface area contributed by atoms with Crippen LogP contribution in [0.4, 0.5) is 18.3 Å². The molecule has 3 aromatic heterocycles. The van der Waals surface area contributed by atoms with Gasteiger partial charge in [-0.3, -0.25) is 20.0 Å². The zero-order chi connectivity index (χ0) is 29.7. The van der Waals surface area contributed by atoms with Gasteiger partial charge in [-0.1, -0.05) is 17.9 Å². The van der Waals surface area contributed by atoms with Crippen molar-refractivity contribution < 1.29 is 27.5 Å². The van der Waals surface area contributed by atoms with Crippen LogP contribution < -0.4 is 10.1 Å². The zero-order valence-electron chi connectivity index (χ0n) is 22.6. The highest BCUT2D eigenvalue weighted by Crippen LogP contribution is 2.35. The number of carbonyl (C=O) groups is 2. The third-order valence-corrected chi connectivity index (χ3v) is 8.13. The number of hydrogen-bond acceptors (Lipinski definition) is 7. The van der Waals surface area contributed by atoms with Crippen molar-refractivity contribution in [3.8, 4) is 5.75 Å². The highest BCUT2D eigenvalue weighted by atomic mass is 32.1. The minimum Gasteiger partial charge on any atom is -0.489 e. The van der Waals surface area contributed by atoms with Gasteiger partial charge in [-0.25, -0.2) is 9.97 Å². The molecule has 1 atom stereocenters. The number of aromatic nitrogens is 4. The summed E-state index contributed by atoms with van der Waals surface area (Å²) in [5, 5.41) is 10.7. The SMILES string of the molecule is C=CC(=O)N1CCC[C@@H](CCCc2[nH]nc3nccc(COc4ccc(C(=O)Nc5ncc(C(F)(F)F)s5)cc4)c23)C1. The molecule has 2 N–H and O–H groups in total. The van der Waals surface area contributed by atoms with Crippen LogP contribution in [0.25, 0.3) is 11.0 Å². The van der Waals surface area contributed by atoms with Gasteiger partial charge in [0.25, 0.3) is 5.91 Å². The zero-order valence-corrected chi connectivity index (χ0v) is 23.4. The molecule has 13 heteroatoms. The number of aryl methyl sites for hydroxylation is 1. The van der Waals surface area contributed by atoms with Gasteiger partial charge in [-0.2, -0.15) is 18.3 Å². The van der Waals surface area contributed by atoms with Crippen LogP contribution >= 0.6 is 11.3 Å². The maximum Gasteiger partial charge on any atom is 0.427 e. The number of H-pyrrole nitrogens is 1. The Morgan fingerprint density at radius 2 is 2.02 bits per heavy atom. The summed E-state index contributed by atoms with van der Waals surface area (Å²) < 4.78 is 44.3. The summed E-state index contributed by atoms with van der Waals surface area (Å²) in [6, 6.07) is 8.19. The molecule has 4 heterocycles. The van der Waals surface area contributed by atoms with Crippen LogP contribution in [-0.2, 0) is 24.0 Å². The summed E-state index contributed by atoms with van der Waals surface area (Å²) in [5.41, 5.74) is 2.75. The molecule has 4 aromatic rings. The number of hydrogen-bond donors (Lipinski definition) is 2. The Bertz CT molecular complexity index is 1570. The Morgan fingerprint density at radius 3 is 2.76 bits per heavy atom. The Hall–Kier alpha value is -4.26. The van der Waals surface area contributed by atoms with E-state index in [1.54, 1.807) is 18.3 Å². The summed E-state index contributed by atoms with van der Waals surface area (Å²) in [5.74, 6) is 0.399. The second kappa shape index (κ2) is 12.7. The van der Waals surface area contributed by atoms with Crippen LogP contribution in [0.5, 0.6) is 5.75 Å². The van der Waals surface area contributed by atoms with Crippen LogP contribution in [0.15, 0.2) is 55.4 Å². The summed E-state index contributed by atoms with van der Waals surface area (Å²) >= 11 is 0.365. The fraction of sp³-hybridized carbons (Fsp3) is 0.345. The Kier molecular flexibility index (Phi) is 8.86. The van der Waals surface area contributed by atoms with Crippen molar-refractivity contribution in [3.05, 3.63) is 77.1 Å². The van der Waals surface area contributed by atoms with E-state index in [0.29, 0.717) is 34.8 Å². The van der Waals surface area contributed by atoms with Crippen LogP contribution in [-0.4, -0.2) is 50.0 Å². The molecule has 5 rings (SSSR count). The van der Waals surface area contributed by atoms with Gasteiger partial charge in [0.1, 0.15) is 17.2 Å². The number of thiazole rings is 1. The molecule has 0 aliphatic carbocycles. The fourth-order valence-corrected chi connectivity index (χ4v) is 5.75. The summed E-state index contributed by atoms with van der Waals surface area (Å²) in [6.07, 6.45) is 4.07. The van der Waals surface area contributed by atoms with Crippen molar-refractivity contribution in [2.75, 3.05) is 18.4 Å². The van der Waals surface area contributed by atoms with E-state index in [4.69, 9.17) is 4.74 Å². The predicted molar refractivity (Wildman–Crippen MR) is 152 cm³/mol. The number of nitrogens with zero attached hydrogens (tertiary/aromatic N) is 4. The van der Waals surface area contributed by atoms with Crippen LogP contribution in [0, 0.1) is 5.92 Å². The van der Waals surface area contributed by atoms with Crippen molar-refractivity contribution in [2.45, 2.75) is 44.9 Å². The lowest BCUT2D eigenvalue weighted by molar-refractivity contribution is -0.134. The van der Waals surface area contributed by atoms with E-state index in [2.05, 4.69) is 32.1 Å². The van der Waals surface area contributed by atoms with Gasteiger partial charge in [0.05, 0.1) is 6.20 Å². The molecule has 0 unspecified atom stereocenters. The third kappa shape index (κ3) is 6.96. The molecule has 9 nitrogen and oxygen atoms in total. The Balaban J connectivity index is 1.17. The Morgan fingerprint density at radius 1 is 1.21 bits per heavy atom. The first-order valence-corrected chi connectivity index (χ1v) is 14.3. The van der Waals surface area contributed by atoms with E-state index in [1.807, 2.05) is 11.0 Å². The molecule has 1 saturated heterocycles. The summed E-state index contributed by atoms with van der Waals surface area (Å²) in [7, 11) is 0. The fourth-order valence-electron chi connectivity index (χ4n) is 5.07. The molecule has 2 amide bonds.